The highest BCUT2D eigenvalue weighted by molar-refractivity contribution is 6.32. The highest BCUT2D eigenvalue weighted by Gasteiger charge is 2.07. The summed E-state index contributed by atoms with van der Waals surface area (Å²) in [6.07, 6.45) is 2.78. The van der Waals surface area contributed by atoms with Crippen LogP contribution in [-0.2, 0) is 14.3 Å². The predicted octanol–water partition coefficient (Wildman–Crippen LogP) is 3.84. The van der Waals surface area contributed by atoms with Crippen molar-refractivity contribution >= 4 is 35.2 Å². The quantitative estimate of drug-likeness (QED) is 0.669. The van der Waals surface area contributed by atoms with Crippen LogP contribution in [0.5, 0.6) is 0 Å². The van der Waals surface area contributed by atoms with Gasteiger partial charge in [0.15, 0.2) is 6.61 Å². The third kappa shape index (κ3) is 5.27. The zero-order valence-electron chi connectivity index (χ0n) is 12.6. The maximum absolute atomic E-state index is 11.8. The number of nitrogens with one attached hydrogen (secondary N) is 1. The molecule has 0 unspecified atom stereocenters. The summed E-state index contributed by atoms with van der Waals surface area (Å²) in [7, 11) is 0. The maximum atomic E-state index is 11.8. The molecule has 1 amide bonds. The van der Waals surface area contributed by atoms with Gasteiger partial charge < -0.3 is 10.1 Å². The maximum Gasteiger partial charge on any atom is 0.331 e. The fourth-order valence-electron chi connectivity index (χ4n) is 1.85. The highest BCUT2D eigenvalue weighted by Crippen LogP contribution is 2.16. The van der Waals surface area contributed by atoms with Crippen molar-refractivity contribution in [1.29, 1.82) is 0 Å². The van der Waals surface area contributed by atoms with Crippen LogP contribution < -0.4 is 5.32 Å². The van der Waals surface area contributed by atoms with Crippen molar-refractivity contribution in [2.45, 2.75) is 6.92 Å². The average Bonchev–Trinajstić information content (AvgIpc) is 2.54. The summed E-state index contributed by atoms with van der Waals surface area (Å²) >= 11 is 5.97. The van der Waals surface area contributed by atoms with Gasteiger partial charge in [-0.05, 0) is 36.3 Å². The van der Waals surface area contributed by atoms with Gasteiger partial charge in [-0.2, -0.15) is 0 Å². The molecule has 0 heterocycles. The molecule has 2 aromatic rings. The van der Waals surface area contributed by atoms with Crippen molar-refractivity contribution in [2.75, 3.05) is 11.9 Å². The molecule has 0 saturated heterocycles. The number of anilines is 1. The van der Waals surface area contributed by atoms with Gasteiger partial charge in [0.05, 0.1) is 0 Å². The number of esters is 1. The number of hydrogen-bond donors (Lipinski definition) is 1. The summed E-state index contributed by atoms with van der Waals surface area (Å²) in [6, 6.07) is 14.5. The molecule has 0 atom stereocenters. The van der Waals surface area contributed by atoms with E-state index in [4.69, 9.17) is 16.3 Å². The van der Waals surface area contributed by atoms with Crippen LogP contribution >= 0.6 is 11.6 Å². The molecule has 0 bridgehead atoms. The lowest BCUT2D eigenvalue weighted by Crippen LogP contribution is -2.20. The van der Waals surface area contributed by atoms with Gasteiger partial charge in [0, 0.05) is 16.8 Å². The molecule has 0 saturated carbocycles. The van der Waals surface area contributed by atoms with E-state index in [0.29, 0.717) is 16.3 Å². The van der Waals surface area contributed by atoms with Gasteiger partial charge in [0.25, 0.3) is 5.91 Å². The van der Waals surface area contributed by atoms with Crippen LogP contribution in [0.25, 0.3) is 6.08 Å². The second kappa shape index (κ2) is 8.15. The Hall–Kier alpha value is -2.59. The van der Waals surface area contributed by atoms with Crippen LogP contribution in [0, 0.1) is 6.92 Å². The van der Waals surface area contributed by atoms with Crippen molar-refractivity contribution < 1.29 is 14.3 Å². The molecule has 0 aliphatic rings. The molecule has 23 heavy (non-hydrogen) atoms. The Labute approximate surface area is 139 Å². The van der Waals surface area contributed by atoms with Gasteiger partial charge >= 0.3 is 5.97 Å². The number of benzene rings is 2. The van der Waals surface area contributed by atoms with E-state index >= 15 is 0 Å². The number of carbonyl (C=O) groups excluding carboxylic acids is 2. The smallest absolute Gasteiger partial charge is 0.331 e. The van der Waals surface area contributed by atoms with E-state index < -0.39 is 11.9 Å². The second-order valence-corrected chi connectivity index (χ2v) is 5.23. The summed E-state index contributed by atoms with van der Waals surface area (Å²) < 4.78 is 4.90. The summed E-state index contributed by atoms with van der Waals surface area (Å²) in [5.74, 6) is -0.997. The number of rotatable bonds is 5. The lowest BCUT2D eigenvalue weighted by atomic mass is 10.2. The largest absolute Gasteiger partial charge is 0.452 e. The van der Waals surface area contributed by atoms with E-state index in [1.165, 1.54) is 6.08 Å². The van der Waals surface area contributed by atoms with Crippen molar-refractivity contribution in [1.82, 2.24) is 0 Å². The van der Waals surface area contributed by atoms with Crippen LogP contribution in [0.1, 0.15) is 11.1 Å². The summed E-state index contributed by atoms with van der Waals surface area (Å²) in [4.78, 5) is 23.4. The number of amides is 1. The fourth-order valence-corrected chi connectivity index (χ4v) is 2.05. The molecule has 0 radical (unpaired) electrons. The van der Waals surface area contributed by atoms with Crippen molar-refractivity contribution in [3.63, 3.8) is 0 Å². The molecule has 0 fully saturated rings. The first-order valence-electron chi connectivity index (χ1n) is 7.01. The van der Waals surface area contributed by atoms with Crippen LogP contribution in [0.2, 0.25) is 5.02 Å². The third-order valence-corrected chi connectivity index (χ3v) is 3.41. The van der Waals surface area contributed by atoms with Crippen LogP contribution in [0.15, 0.2) is 54.6 Å². The molecule has 5 heteroatoms. The number of aryl methyl sites for hydroxylation is 1. The van der Waals surface area contributed by atoms with Gasteiger partial charge in [-0.25, -0.2) is 4.79 Å². The van der Waals surface area contributed by atoms with E-state index in [2.05, 4.69) is 5.32 Å². The Morgan fingerprint density at radius 3 is 2.57 bits per heavy atom. The van der Waals surface area contributed by atoms with E-state index in [0.717, 1.165) is 5.56 Å². The van der Waals surface area contributed by atoms with Crippen LogP contribution in [0.3, 0.4) is 0 Å². The number of ether oxygens (including phenoxy) is 1. The predicted molar refractivity (Wildman–Crippen MR) is 91.3 cm³/mol. The summed E-state index contributed by atoms with van der Waals surface area (Å²) in [5, 5.41) is 3.22. The first kappa shape index (κ1) is 16.8. The van der Waals surface area contributed by atoms with Gasteiger partial charge in [-0.1, -0.05) is 48.0 Å². The van der Waals surface area contributed by atoms with Gasteiger partial charge in [0.1, 0.15) is 0 Å². The Bertz CT molecular complexity index is 741. The fraction of sp³-hybridized carbons (Fsp3) is 0.111. The molecule has 0 aliphatic heterocycles. The molecule has 1 N–H and O–H groups in total. The third-order valence-electron chi connectivity index (χ3n) is 3.07. The standard InChI is InChI=1S/C18H16ClNO3/c1-13-6-2-5-9-16(13)20-17(21)12-23-18(22)11-10-14-7-3-4-8-15(14)19/h2-11H,12H2,1H3,(H,20,21)/b11-10+. The first-order chi connectivity index (χ1) is 11.1. The molecular weight excluding hydrogens is 314 g/mol. The number of halogens is 1. The van der Waals surface area contributed by atoms with E-state index in [1.807, 2.05) is 31.2 Å². The number of para-hydroxylation sites is 1. The molecule has 0 spiro atoms. The van der Waals surface area contributed by atoms with E-state index in [9.17, 15) is 9.59 Å². The monoisotopic (exact) mass is 329 g/mol. The minimum atomic E-state index is -0.607. The topological polar surface area (TPSA) is 55.4 Å². The summed E-state index contributed by atoms with van der Waals surface area (Å²) in [6.45, 7) is 1.54. The molecule has 2 rings (SSSR count). The lowest BCUT2D eigenvalue weighted by molar-refractivity contribution is -0.142. The number of hydrogen-bond acceptors (Lipinski definition) is 3. The van der Waals surface area contributed by atoms with Gasteiger partial charge in [0.2, 0.25) is 0 Å². The minimum Gasteiger partial charge on any atom is -0.452 e. The van der Waals surface area contributed by atoms with E-state index in [-0.39, 0.29) is 6.61 Å². The highest BCUT2D eigenvalue weighted by atomic mass is 35.5. The molecule has 2 aromatic carbocycles. The molecule has 0 aliphatic carbocycles. The SMILES string of the molecule is Cc1ccccc1NC(=O)COC(=O)/C=C/c1ccccc1Cl. The Kier molecular flexibility index (Phi) is 5.94. The molecule has 4 nitrogen and oxygen atoms in total. The average molecular weight is 330 g/mol. The zero-order valence-corrected chi connectivity index (χ0v) is 13.3. The molecular formula is C18H16ClNO3. The lowest BCUT2D eigenvalue weighted by Gasteiger charge is -2.07. The van der Waals surface area contributed by atoms with Gasteiger partial charge in [-0.3, -0.25) is 4.79 Å². The second-order valence-electron chi connectivity index (χ2n) is 4.83. The van der Waals surface area contributed by atoms with Crippen molar-refractivity contribution in [3.05, 3.63) is 70.8 Å². The Balaban J connectivity index is 1.83. The van der Waals surface area contributed by atoms with Crippen molar-refractivity contribution in [2.24, 2.45) is 0 Å². The van der Waals surface area contributed by atoms with E-state index in [1.54, 1.807) is 30.3 Å². The van der Waals surface area contributed by atoms with Gasteiger partial charge in [-0.15, -0.1) is 0 Å². The Morgan fingerprint density at radius 1 is 1.13 bits per heavy atom. The Morgan fingerprint density at radius 2 is 1.83 bits per heavy atom. The molecule has 0 aromatic heterocycles. The normalized spacial score (nSPS) is 10.5. The molecule has 118 valence electrons. The van der Waals surface area contributed by atoms with Crippen LogP contribution in [-0.4, -0.2) is 18.5 Å². The van der Waals surface area contributed by atoms with Crippen molar-refractivity contribution in [3.8, 4) is 0 Å². The van der Waals surface area contributed by atoms with Crippen LogP contribution in [0.4, 0.5) is 5.69 Å². The number of carbonyl (C=O) groups is 2. The summed E-state index contributed by atoms with van der Waals surface area (Å²) in [5.41, 5.74) is 2.33. The zero-order chi connectivity index (χ0) is 16.7. The minimum absolute atomic E-state index is 0.347. The first-order valence-corrected chi connectivity index (χ1v) is 7.39.